The van der Waals surface area contributed by atoms with Crippen molar-refractivity contribution < 1.29 is 4.74 Å². The van der Waals surface area contributed by atoms with Crippen LogP contribution in [-0.2, 0) is 12.8 Å². The molecule has 0 N–H and O–H groups in total. The van der Waals surface area contributed by atoms with Crippen LogP contribution >= 0.6 is 0 Å². The number of aryl methyl sites for hydroxylation is 2. The lowest BCUT2D eigenvalue weighted by Crippen LogP contribution is -2.07. The molecular weight excluding hydrogens is 244 g/mol. The van der Waals surface area contributed by atoms with Gasteiger partial charge in [-0.3, -0.25) is 0 Å². The van der Waals surface area contributed by atoms with Crippen molar-refractivity contribution in [1.82, 2.24) is 0 Å². The summed E-state index contributed by atoms with van der Waals surface area (Å²) < 4.78 is 6.00. The van der Waals surface area contributed by atoms with Gasteiger partial charge in [0.1, 0.15) is 5.75 Å². The maximum absolute atomic E-state index is 6.00. The minimum atomic E-state index is 0.190. The number of para-hydroxylation sites is 1. The minimum absolute atomic E-state index is 0.190. The Morgan fingerprint density at radius 2 is 1.45 bits per heavy atom. The van der Waals surface area contributed by atoms with E-state index >= 15 is 0 Å². The zero-order valence-electron chi connectivity index (χ0n) is 12.9. The van der Waals surface area contributed by atoms with Gasteiger partial charge in [0.15, 0.2) is 0 Å². The Kier molecular flexibility index (Phi) is 4.84. The quantitative estimate of drug-likeness (QED) is 0.718. The summed E-state index contributed by atoms with van der Waals surface area (Å²) in [5, 5.41) is 0. The Morgan fingerprint density at radius 3 is 2.00 bits per heavy atom. The highest BCUT2D eigenvalue weighted by atomic mass is 16.5. The third-order valence-corrected chi connectivity index (χ3v) is 3.52. The van der Waals surface area contributed by atoms with Crippen LogP contribution in [0.3, 0.4) is 0 Å². The molecule has 2 aromatic carbocycles. The fourth-order valence-electron chi connectivity index (χ4n) is 2.62. The van der Waals surface area contributed by atoms with E-state index < -0.39 is 0 Å². The zero-order valence-corrected chi connectivity index (χ0v) is 12.9. The van der Waals surface area contributed by atoms with Crippen LogP contribution in [0.4, 0.5) is 0 Å². The molecule has 0 heterocycles. The van der Waals surface area contributed by atoms with Crippen LogP contribution in [0.25, 0.3) is 11.1 Å². The van der Waals surface area contributed by atoms with Crippen LogP contribution < -0.4 is 4.74 Å². The van der Waals surface area contributed by atoms with Crippen LogP contribution in [0.15, 0.2) is 42.5 Å². The lowest BCUT2D eigenvalue weighted by molar-refractivity contribution is 0.243. The van der Waals surface area contributed by atoms with E-state index in [0.717, 1.165) is 18.6 Å². The highest BCUT2D eigenvalue weighted by Gasteiger charge is 2.13. The van der Waals surface area contributed by atoms with Gasteiger partial charge in [-0.2, -0.15) is 0 Å². The molecule has 0 bridgehead atoms. The molecule has 0 aromatic heterocycles. The van der Waals surface area contributed by atoms with Crippen molar-refractivity contribution in [2.45, 2.75) is 46.6 Å². The predicted molar refractivity (Wildman–Crippen MR) is 86.4 cm³/mol. The van der Waals surface area contributed by atoms with Crippen molar-refractivity contribution in [3.8, 4) is 16.9 Å². The summed E-state index contributed by atoms with van der Waals surface area (Å²) >= 11 is 0. The normalized spacial score (nSPS) is 10.8. The summed E-state index contributed by atoms with van der Waals surface area (Å²) in [5.41, 5.74) is 5.36. The Labute approximate surface area is 122 Å². The van der Waals surface area contributed by atoms with Crippen molar-refractivity contribution in [3.05, 3.63) is 53.6 Å². The molecule has 0 aliphatic carbocycles. The average Bonchev–Trinajstić information content (AvgIpc) is 2.46. The van der Waals surface area contributed by atoms with Crippen molar-refractivity contribution >= 4 is 0 Å². The second kappa shape index (κ2) is 6.60. The van der Waals surface area contributed by atoms with Crippen molar-refractivity contribution in [2.75, 3.05) is 0 Å². The lowest BCUT2D eigenvalue weighted by atomic mass is 9.91. The summed E-state index contributed by atoms with van der Waals surface area (Å²) in [6.07, 6.45) is 2.27. The predicted octanol–water partition coefficient (Wildman–Crippen LogP) is 5.27. The molecule has 2 aromatic rings. The first-order valence-corrected chi connectivity index (χ1v) is 7.54. The first kappa shape index (κ1) is 14.6. The number of ether oxygens (including phenoxy) is 1. The topological polar surface area (TPSA) is 9.23 Å². The summed E-state index contributed by atoms with van der Waals surface area (Å²) in [6.45, 7) is 8.57. The summed E-state index contributed by atoms with van der Waals surface area (Å²) in [7, 11) is 0. The fraction of sp³-hybridized carbons (Fsp3) is 0.368. The molecule has 0 spiro atoms. The van der Waals surface area contributed by atoms with E-state index in [4.69, 9.17) is 4.74 Å². The highest BCUT2D eigenvalue weighted by Crippen LogP contribution is 2.36. The second-order valence-electron chi connectivity index (χ2n) is 5.32. The fourth-order valence-corrected chi connectivity index (χ4v) is 2.62. The SMILES string of the molecule is CCc1cccc(CC)c1-c1ccccc1OC(C)C. The van der Waals surface area contributed by atoms with E-state index in [1.165, 1.54) is 22.3 Å². The van der Waals surface area contributed by atoms with Gasteiger partial charge >= 0.3 is 0 Å². The van der Waals surface area contributed by atoms with Gasteiger partial charge in [0.05, 0.1) is 6.10 Å². The molecule has 0 atom stereocenters. The molecule has 20 heavy (non-hydrogen) atoms. The largest absolute Gasteiger partial charge is 0.490 e. The first-order chi connectivity index (χ1) is 9.67. The first-order valence-electron chi connectivity index (χ1n) is 7.54. The van der Waals surface area contributed by atoms with Crippen LogP contribution in [0.1, 0.15) is 38.8 Å². The third-order valence-electron chi connectivity index (χ3n) is 3.52. The molecule has 2 rings (SSSR count). The van der Waals surface area contributed by atoms with Crippen molar-refractivity contribution in [2.24, 2.45) is 0 Å². The number of hydrogen-bond acceptors (Lipinski definition) is 1. The molecule has 1 heteroatoms. The Morgan fingerprint density at radius 1 is 0.850 bits per heavy atom. The van der Waals surface area contributed by atoms with Gasteiger partial charge in [-0.1, -0.05) is 50.2 Å². The van der Waals surface area contributed by atoms with E-state index in [-0.39, 0.29) is 6.10 Å². The van der Waals surface area contributed by atoms with E-state index in [1.54, 1.807) is 0 Å². The molecule has 1 nitrogen and oxygen atoms in total. The van der Waals surface area contributed by atoms with Crippen LogP contribution in [0.2, 0.25) is 0 Å². The van der Waals surface area contributed by atoms with Gasteiger partial charge in [0.2, 0.25) is 0 Å². The number of rotatable bonds is 5. The van der Waals surface area contributed by atoms with Crippen LogP contribution in [0.5, 0.6) is 5.75 Å². The Hall–Kier alpha value is -1.76. The summed E-state index contributed by atoms with van der Waals surface area (Å²) in [6, 6.07) is 15.0. The van der Waals surface area contributed by atoms with Gasteiger partial charge in [0.25, 0.3) is 0 Å². The van der Waals surface area contributed by atoms with Gasteiger partial charge in [-0.05, 0) is 49.4 Å². The number of benzene rings is 2. The third kappa shape index (κ3) is 3.04. The molecule has 106 valence electrons. The molecule has 0 amide bonds. The van der Waals surface area contributed by atoms with Gasteiger partial charge in [0, 0.05) is 5.56 Å². The summed E-state index contributed by atoms with van der Waals surface area (Å²) in [4.78, 5) is 0. The molecule has 0 radical (unpaired) electrons. The highest BCUT2D eigenvalue weighted by molar-refractivity contribution is 5.76. The van der Waals surface area contributed by atoms with Gasteiger partial charge < -0.3 is 4.74 Å². The minimum Gasteiger partial charge on any atom is -0.490 e. The van der Waals surface area contributed by atoms with Gasteiger partial charge in [-0.25, -0.2) is 0 Å². The molecule has 0 fully saturated rings. The average molecular weight is 268 g/mol. The number of hydrogen-bond donors (Lipinski definition) is 0. The molecule has 0 unspecified atom stereocenters. The lowest BCUT2D eigenvalue weighted by Gasteiger charge is -2.18. The Balaban J connectivity index is 2.61. The molecule has 0 aliphatic heterocycles. The van der Waals surface area contributed by atoms with E-state index in [1.807, 2.05) is 6.07 Å². The van der Waals surface area contributed by atoms with Crippen LogP contribution in [-0.4, -0.2) is 6.10 Å². The van der Waals surface area contributed by atoms with Crippen LogP contribution in [0, 0.1) is 0 Å². The smallest absolute Gasteiger partial charge is 0.127 e. The van der Waals surface area contributed by atoms with E-state index in [9.17, 15) is 0 Å². The van der Waals surface area contributed by atoms with E-state index in [2.05, 4.69) is 64.1 Å². The molecule has 0 saturated carbocycles. The van der Waals surface area contributed by atoms with Crippen molar-refractivity contribution in [3.63, 3.8) is 0 Å². The second-order valence-corrected chi connectivity index (χ2v) is 5.32. The van der Waals surface area contributed by atoms with Crippen molar-refractivity contribution in [1.29, 1.82) is 0 Å². The standard InChI is InChI=1S/C19H24O/c1-5-15-10-9-11-16(6-2)19(15)17-12-7-8-13-18(17)20-14(3)4/h7-14H,5-6H2,1-4H3. The van der Waals surface area contributed by atoms with E-state index in [0.29, 0.717) is 0 Å². The molecular formula is C19H24O. The summed E-state index contributed by atoms with van der Waals surface area (Å²) in [5.74, 6) is 0.984. The maximum atomic E-state index is 6.00. The zero-order chi connectivity index (χ0) is 14.5. The maximum Gasteiger partial charge on any atom is 0.127 e. The Bertz CT molecular complexity index is 547. The van der Waals surface area contributed by atoms with Gasteiger partial charge in [-0.15, -0.1) is 0 Å². The molecule has 0 aliphatic rings. The monoisotopic (exact) mass is 268 g/mol. The molecule has 0 saturated heterocycles.